The van der Waals surface area contributed by atoms with Crippen molar-refractivity contribution in [2.24, 2.45) is 0 Å². The van der Waals surface area contributed by atoms with Crippen molar-refractivity contribution in [2.75, 3.05) is 0 Å². The van der Waals surface area contributed by atoms with Crippen molar-refractivity contribution >= 4 is 0 Å². The lowest BCUT2D eigenvalue weighted by atomic mass is 9.81. The summed E-state index contributed by atoms with van der Waals surface area (Å²) in [6.07, 6.45) is 3.36. The molecular formula is C6H11NO. The normalized spacial score (nSPS) is 52.9. The lowest BCUT2D eigenvalue weighted by Crippen LogP contribution is -2.61. The van der Waals surface area contributed by atoms with Gasteiger partial charge in [0.05, 0.1) is 6.10 Å². The number of fused-ring (bicyclic) bond motifs is 2. The van der Waals surface area contributed by atoms with Gasteiger partial charge in [0.15, 0.2) is 0 Å². The van der Waals surface area contributed by atoms with Crippen LogP contribution >= 0.6 is 0 Å². The van der Waals surface area contributed by atoms with E-state index in [9.17, 15) is 0 Å². The van der Waals surface area contributed by atoms with Crippen molar-refractivity contribution in [1.29, 1.82) is 0 Å². The van der Waals surface area contributed by atoms with Gasteiger partial charge in [0.25, 0.3) is 0 Å². The van der Waals surface area contributed by atoms with E-state index in [1.807, 2.05) is 0 Å². The topological polar surface area (TPSA) is 32.3 Å². The molecule has 0 amide bonds. The minimum absolute atomic E-state index is 0.0417. The van der Waals surface area contributed by atoms with Crippen LogP contribution in [0.25, 0.3) is 0 Å². The highest BCUT2D eigenvalue weighted by Gasteiger charge is 2.38. The summed E-state index contributed by atoms with van der Waals surface area (Å²) in [7, 11) is 0. The molecule has 1 aliphatic carbocycles. The first-order valence-corrected chi connectivity index (χ1v) is 3.30. The molecule has 3 fully saturated rings. The Kier molecular flexibility index (Phi) is 0.866. The summed E-state index contributed by atoms with van der Waals surface area (Å²) in [5.41, 5.74) is 0. The van der Waals surface area contributed by atoms with Gasteiger partial charge in [-0.25, -0.2) is 0 Å². The molecule has 3 atom stereocenters. The molecule has 46 valence electrons. The average Bonchev–Trinajstić information content (AvgIpc) is 1.62. The molecule has 0 aromatic heterocycles. The largest absolute Gasteiger partial charge is 0.392 e. The Balaban J connectivity index is 2.01. The van der Waals surface area contributed by atoms with Crippen molar-refractivity contribution < 1.29 is 5.11 Å². The highest BCUT2D eigenvalue weighted by molar-refractivity contribution is 4.98. The number of piperidine rings is 1. The molecular weight excluding hydrogens is 102 g/mol. The summed E-state index contributed by atoms with van der Waals surface area (Å²) in [4.78, 5) is 0. The van der Waals surface area contributed by atoms with Crippen LogP contribution in [-0.2, 0) is 0 Å². The van der Waals surface area contributed by atoms with Crippen LogP contribution in [0.2, 0.25) is 0 Å². The highest BCUT2D eigenvalue weighted by atomic mass is 16.3. The first kappa shape index (κ1) is 4.77. The van der Waals surface area contributed by atoms with Gasteiger partial charge in [0.2, 0.25) is 0 Å². The van der Waals surface area contributed by atoms with E-state index in [1.54, 1.807) is 0 Å². The van der Waals surface area contributed by atoms with Crippen molar-refractivity contribution in [1.82, 2.24) is 5.32 Å². The lowest BCUT2D eigenvalue weighted by molar-refractivity contribution is 0.0178. The second-order valence-electron chi connectivity index (χ2n) is 2.85. The van der Waals surface area contributed by atoms with Crippen LogP contribution in [0.3, 0.4) is 0 Å². The van der Waals surface area contributed by atoms with Gasteiger partial charge < -0.3 is 10.4 Å². The second kappa shape index (κ2) is 1.45. The lowest BCUT2D eigenvalue weighted by Gasteiger charge is -2.45. The number of hydrogen-bond donors (Lipinski definition) is 2. The number of aliphatic hydroxyl groups is 1. The second-order valence-corrected chi connectivity index (χ2v) is 2.85. The summed E-state index contributed by atoms with van der Waals surface area (Å²) in [5, 5.41) is 12.4. The van der Waals surface area contributed by atoms with Crippen LogP contribution in [0.15, 0.2) is 0 Å². The van der Waals surface area contributed by atoms with Gasteiger partial charge in [0.1, 0.15) is 0 Å². The molecule has 0 spiro atoms. The number of aliphatic hydroxyl groups excluding tert-OH is 1. The Morgan fingerprint density at radius 3 is 2.38 bits per heavy atom. The van der Waals surface area contributed by atoms with E-state index in [0.717, 1.165) is 12.5 Å². The van der Waals surface area contributed by atoms with E-state index < -0.39 is 0 Å². The average molecular weight is 113 g/mol. The van der Waals surface area contributed by atoms with Crippen molar-refractivity contribution in [3.63, 3.8) is 0 Å². The van der Waals surface area contributed by atoms with E-state index >= 15 is 0 Å². The summed E-state index contributed by atoms with van der Waals surface area (Å²) in [5.74, 6) is 0. The zero-order valence-electron chi connectivity index (χ0n) is 4.80. The quantitative estimate of drug-likeness (QED) is 0.458. The zero-order valence-corrected chi connectivity index (χ0v) is 4.80. The smallest absolute Gasteiger partial charge is 0.0694 e. The van der Waals surface area contributed by atoms with Crippen LogP contribution in [0.1, 0.15) is 19.3 Å². The fraction of sp³-hybridized carbons (Fsp3) is 1.00. The number of rotatable bonds is 0. The Hall–Kier alpha value is -0.0800. The summed E-state index contributed by atoms with van der Waals surface area (Å²) < 4.78 is 0. The van der Waals surface area contributed by atoms with Crippen LogP contribution in [-0.4, -0.2) is 23.3 Å². The van der Waals surface area contributed by atoms with Crippen molar-refractivity contribution in [3.8, 4) is 0 Å². The molecule has 2 nitrogen and oxygen atoms in total. The molecule has 0 aromatic carbocycles. The van der Waals surface area contributed by atoms with Gasteiger partial charge in [-0.15, -0.1) is 0 Å². The molecule has 2 N–H and O–H groups in total. The fourth-order valence-corrected chi connectivity index (χ4v) is 1.63. The van der Waals surface area contributed by atoms with Crippen molar-refractivity contribution in [3.05, 3.63) is 0 Å². The Morgan fingerprint density at radius 1 is 1.38 bits per heavy atom. The van der Waals surface area contributed by atoms with Crippen molar-refractivity contribution in [2.45, 2.75) is 37.5 Å². The molecule has 0 aromatic rings. The first-order chi connectivity index (χ1) is 3.86. The minimum Gasteiger partial charge on any atom is -0.392 e. The maximum atomic E-state index is 9.15. The monoisotopic (exact) mass is 113 g/mol. The molecule has 0 unspecified atom stereocenters. The third-order valence-electron chi connectivity index (χ3n) is 2.26. The predicted octanol–water partition coefficient (Wildman–Crippen LogP) is -0.128. The van der Waals surface area contributed by atoms with Crippen LogP contribution in [0.5, 0.6) is 0 Å². The van der Waals surface area contributed by atoms with Gasteiger partial charge in [-0.05, 0) is 19.3 Å². The Morgan fingerprint density at radius 2 is 2.12 bits per heavy atom. The molecule has 1 saturated carbocycles. The predicted molar refractivity (Wildman–Crippen MR) is 30.6 cm³/mol. The zero-order chi connectivity index (χ0) is 5.56. The third kappa shape index (κ3) is 0.501. The van der Waals surface area contributed by atoms with Gasteiger partial charge in [0, 0.05) is 12.1 Å². The van der Waals surface area contributed by atoms with Crippen LogP contribution < -0.4 is 5.32 Å². The van der Waals surface area contributed by atoms with E-state index in [1.165, 1.54) is 12.8 Å². The molecule has 2 bridgehead atoms. The molecule has 3 aliphatic rings. The molecule has 2 heteroatoms. The van der Waals surface area contributed by atoms with Crippen LogP contribution in [0.4, 0.5) is 0 Å². The van der Waals surface area contributed by atoms with E-state index in [4.69, 9.17) is 5.11 Å². The molecule has 3 rings (SSSR count). The van der Waals surface area contributed by atoms with Gasteiger partial charge in [-0.3, -0.25) is 0 Å². The first-order valence-electron chi connectivity index (χ1n) is 3.30. The Labute approximate surface area is 48.9 Å². The standard InChI is InChI=1S/C6H11NO/c8-6-2-1-4-3-5(6)7-4/h4-8H,1-3H2/t4-,5-,6+/m1/s1. The highest BCUT2D eigenvalue weighted by Crippen LogP contribution is 2.27. The molecule has 8 heavy (non-hydrogen) atoms. The van der Waals surface area contributed by atoms with Gasteiger partial charge in [-0.2, -0.15) is 0 Å². The van der Waals surface area contributed by atoms with E-state index in [0.29, 0.717) is 6.04 Å². The van der Waals surface area contributed by atoms with E-state index in [-0.39, 0.29) is 6.10 Å². The van der Waals surface area contributed by atoms with Crippen LogP contribution in [0, 0.1) is 0 Å². The molecule has 2 aliphatic heterocycles. The SMILES string of the molecule is O[C@H]1CC[C@@H]2C[C@H]1N2. The number of nitrogens with one attached hydrogen (secondary N) is 1. The number of hydrogen-bond acceptors (Lipinski definition) is 2. The van der Waals surface area contributed by atoms with E-state index in [2.05, 4.69) is 5.32 Å². The summed E-state index contributed by atoms with van der Waals surface area (Å²) in [6.45, 7) is 0. The maximum absolute atomic E-state index is 9.15. The molecule has 2 heterocycles. The van der Waals surface area contributed by atoms with Gasteiger partial charge >= 0.3 is 0 Å². The Bertz CT molecular complexity index is 93.2. The third-order valence-corrected chi connectivity index (χ3v) is 2.26. The maximum Gasteiger partial charge on any atom is 0.0694 e. The fourth-order valence-electron chi connectivity index (χ4n) is 1.63. The summed E-state index contributed by atoms with van der Waals surface area (Å²) in [6, 6.07) is 1.21. The molecule has 2 saturated heterocycles. The minimum atomic E-state index is -0.0417. The molecule has 0 radical (unpaired) electrons. The van der Waals surface area contributed by atoms with Gasteiger partial charge in [-0.1, -0.05) is 0 Å². The summed E-state index contributed by atoms with van der Waals surface area (Å²) >= 11 is 0.